The van der Waals surface area contributed by atoms with E-state index in [2.05, 4.69) is 29.6 Å². The van der Waals surface area contributed by atoms with Gasteiger partial charge in [0, 0.05) is 11.6 Å². The molecule has 1 amide bonds. The fourth-order valence-corrected chi connectivity index (χ4v) is 3.06. The molecular formula is C20H17NO. The number of benzene rings is 3. The molecule has 22 heavy (non-hydrogen) atoms. The summed E-state index contributed by atoms with van der Waals surface area (Å²) in [4.78, 5) is 12.4. The van der Waals surface area contributed by atoms with Crippen LogP contribution in [0.5, 0.6) is 0 Å². The molecular weight excluding hydrogens is 270 g/mol. The molecule has 0 aromatic heterocycles. The Balaban J connectivity index is 1.48. The Bertz CT molecular complexity index is 825. The van der Waals surface area contributed by atoms with Gasteiger partial charge in [0.25, 0.3) is 0 Å². The standard InChI is InChI=1S/C20H17NO/c22-20(19-13-18(19)15-7-2-1-3-8-15)21-17-11-10-14-6-4-5-9-16(14)12-17/h1-12,18-19H,13H2,(H,21,22)/t18-,19+/m0/s1. The van der Waals surface area contributed by atoms with Crippen LogP contribution in [0.1, 0.15) is 17.9 Å². The molecule has 2 nitrogen and oxygen atoms in total. The lowest BCUT2D eigenvalue weighted by atomic mass is 10.1. The van der Waals surface area contributed by atoms with Gasteiger partial charge in [0.15, 0.2) is 0 Å². The number of carbonyl (C=O) groups excluding carboxylic acids is 1. The average Bonchev–Trinajstić information content (AvgIpc) is 3.36. The lowest BCUT2D eigenvalue weighted by Crippen LogP contribution is -2.14. The maximum Gasteiger partial charge on any atom is 0.228 e. The van der Waals surface area contributed by atoms with Crippen molar-refractivity contribution in [2.75, 3.05) is 5.32 Å². The van der Waals surface area contributed by atoms with Crippen LogP contribution in [0, 0.1) is 5.92 Å². The first-order valence-electron chi connectivity index (χ1n) is 7.66. The summed E-state index contributed by atoms with van der Waals surface area (Å²) >= 11 is 0. The van der Waals surface area contributed by atoms with Crippen molar-refractivity contribution < 1.29 is 4.79 Å². The zero-order chi connectivity index (χ0) is 14.9. The van der Waals surface area contributed by atoms with Crippen LogP contribution < -0.4 is 5.32 Å². The van der Waals surface area contributed by atoms with Gasteiger partial charge in [-0.2, -0.15) is 0 Å². The maximum atomic E-state index is 12.4. The third-order valence-corrected chi connectivity index (χ3v) is 4.37. The normalized spacial score (nSPS) is 19.8. The van der Waals surface area contributed by atoms with E-state index >= 15 is 0 Å². The van der Waals surface area contributed by atoms with E-state index < -0.39 is 0 Å². The summed E-state index contributed by atoms with van der Waals surface area (Å²) < 4.78 is 0. The molecule has 0 saturated heterocycles. The van der Waals surface area contributed by atoms with Crippen LogP contribution in [0.15, 0.2) is 72.8 Å². The summed E-state index contributed by atoms with van der Waals surface area (Å²) in [6, 6.07) is 24.5. The van der Waals surface area contributed by atoms with E-state index in [4.69, 9.17) is 0 Å². The van der Waals surface area contributed by atoms with E-state index in [1.54, 1.807) is 0 Å². The highest BCUT2D eigenvalue weighted by molar-refractivity contribution is 5.97. The Morgan fingerprint density at radius 2 is 1.59 bits per heavy atom. The highest BCUT2D eigenvalue weighted by atomic mass is 16.2. The van der Waals surface area contributed by atoms with Crippen LogP contribution in [0.3, 0.4) is 0 Å². The second-order valence-corrected chi connectivity index (χ2v) is 5.91. The molecule has 1 fully saturated rings. The molecule has 1 N–H and O–H groups in total. The molecule has 108 valence electrons. The maximum absolute atomic E-state index is 12.4. The number of anilines is 1. The molecule has 1 aliphatic carbocycles. The lowest BCUT2D eigenvalue weighted by molar-refractivity contribution is -0.117. The van der Waals surface area contributed by atoms with Crippen molar-refractivity contribution in [3.05, 3.63) is 78.4 Å². The van der Waals surface area contributed by atoms with Gasteiger partial charge in [-0.15, -0.1) is 0 Å². The summed E-state index contributed by atoms with van der Waals surface area (Å²) in [7, 11) is 0. The SMILES string of the molecule is O=C(Nc1ccc2ccccc2c1)[C@@H]1C[C@H]1c1ccccc1. The van der Waals surface area contributed by atoms with E-state index in [1.807, 2.05) is 48.5 Å². The van der Waals surface area contributed by atoms with Gasteiger partial charge >= 0.3 is 0 Å². The molecule has 3 aromatic rings. The smallest absolute Gasteiger partial charge is 0.228 e. The number of nitrogens with one attached hydrogen (secondary N) is 1. The fraction of sp³-hybridized carbons (Fsp3) is 0.150. The molecule has 0 bridgehead atoms. The minimum Gasteiger partial charge on any atom is -0.326 e. The number of fused-ring (bicyclic) bond motifs is 1. The lowest BCUT2D eigenvalue weighted by Gasteiger charge is -2.06. The quantitative estimate of drug-likeness (QED) is 0.750. The predicted molar refractivity (Wildman–Crippen MR) is 89.9 cm³/mol. The van der Waals surface area contributed by atoms with Gasteiger partial charge in [0.2, 0.25) is 5.91 Å². The van der Waals surface area contributed by atoms with Gasteiger partial charge in [0.1, 0.15) is 0 Å². The number of amides is 1. The van der Waals surface area contributed by atoms with Gasteiger partial charge in [0.05, 0.1) is 0 Å². The van der Waals surface area contributed by atoms with Crippen molar-refractivity contribution in [3.8, 4) is 0 Å². The molecule has 2 atom stereocenters. The van der Waals surface area contributed by atoms with E-state index in [0.29, 0.717) is 5.92 Å². The zero-order valence-electron chi connectivity index (χ0n) is 12.2. The number of carbonyl (C=O) groups is 1. The van der Waals surface area contributed by atoms with Crippen LogP contribution in [0.4, 0.5) is 5.69 Å². The van der Waals surface area contributed by atoms with Crippen LogP contribution in [-0.2, 0) is 4.79 Å². The van der Waals surface area contributed by atoms with Crippen LogP contribution in [-0.4, -0.2) is 5.91 Å². The molecule has 0 unspecified atom stereocenters. The predicted octanol–water partition coefficient (Wildman–Crippen LogP) is 4.58. The Morgan fingerprint density at radius 1 is 0.864 bits per heavy atom. The molecule has 3 aromatic carbocycles. The summed E-state index contributed by atoms with van der Waals surface area (Å²) in [5.74, 6) is 0.611. The second kappa shape index (κ2) is 5.30. The first kappa shape index (κ1) is 13.1. The third kappa shape index (κ3) is 2.48. The van der Waals surface area contributed by atoms with Crippen molar-refractivity contribution in [1.82, 2.24) is 0 Å². The van der Waals surface area contributed by atoms with Crippen molar-refractivity contribution in [3.63, 3.8) is 0 Å². The van der Waals surface area contributed by atoms with E-state index in [9.17, 15) is 4.79 Å². The third-order valence-electron chi connectivity index (χ3n) is 4.37. The molecule has 0 heterocycles. The molecule has 0 radical (unpaired) electrons. The number of rotatable bonds is 3. The zero-order valence-corrected chi connectivity index (χ0v) is 12.2. The monoisotopic (exact) mass is 287 g/mol. The van der Waals surface area contributed by atoms with Crippen molar-refractivity contribution in [2.45, 2.75) is 12.3 Å². The Kier molecular flexibility index (Phi) is 3.15. The first-order valence-corrected chi connectivity index (χ1v) is 7.66. The molecule has 4 rings (SSSR count). The first-order chi connectivity index (χ1) is 10.8. The molecule has 2 heteroatoms. The summed E-state index contributed by atoms with van der Waals surface area (Å²) in [5, 5.41) is 5.39. The Labute approximate surface area is 129 Å². The molecule has 1 aliphatic rings. The van der Waals surface area contributed by atoms with Crippen LogP contribution >= 0.6 is 0 Å². The number of hydrogen-bond donors (Lipinski definition) is 1. The average molecular weight is 287 g/mol. The van der Waals surface area contributed by atoms with Gasteiger partial charge in [-0.1, -0.05) is 60.7 Å². The Morgan fingerprint density at radius 3 is 2.41 bits per heavy atom. The highest BCUT2D eigenvalue weighted by Crippen LogP contribution is 2.47. The minimum absolute atomic E-state index is 0.105. The van der Waals surface area contributed by atoms with Crippen molar-refractivity contribution in [1.29, 1.82) is 0 Å². The largest absolute Gasteiger partial charge is 0.326 e. The summed E-state index contributed by atoms with van der Waals surface area (Å²) in [6.45, 7) is 0. The highest BCUT2D eigenvalue weighted by Gasteiger charge is 2.43. The summed E-state index contributed by atoms with van der Waals surface area (Å²) in [5.41, 5.74) is 2.14. The topological polar surface area (TPSA) is 29.1 Å². The van der Waals surface area contributed by atoms with Gasteiger partial charge in [-0.05, 0) is 40.8 Å². The second-order valence-electron chi connectivity index (χ2n) is 5.91. The van der Waals surface area contributed by atoms with Gasteiger partial charge in [-0.25, -0.2) is 0 Å². The Hall–Kier alpha value is -2.61. The van der Waals surface area contributed by atoms with Gasteiger partial charge < -0.3 is 5.32 Å². The molecule has 0 aliphatic heterocycles. The molecule has 1 saturated carbocycles. The van der Waals surface area contributed by atoms with E-state index in [1.165, 1.54) is 10.9 Å². The van der Waals surface area contributed by atoms with Crippen molar-refractivity contribution in [2.24, 2.45) is 5.92 Å². The summed E-state index contributed by atoms with van der Waals surface area (Å²) in [6.07, 6.45) is 0.948. The van der Waals surface area contributed by atoms with Crippen LogP contribution in [0.25, 0.3) is 10.8 Å². The van der Waals surface area contributed by atoms with Crippen LogP contribution in [0.2, 0.25) is 0 Å². The van der Waals surface area contributed by atoms with Crippen molar-refractivity contribution >= 4 is 22.4 Å². The fourth-order valence-electron chi connectivity index (χ4n) is 3.06. The number of hydrogen-bond acceptors (Lipinski definition) is 1. The van der Waals surface area contributed by atoms with Gasteiger partial charge in [-0.3, -0.25) is 4.79 Å². The minimum atomic E-state index is 0.105. The molecule has 0 spiro atoms. The van der Waals surface area contributed by atoms with E-state index in [0.717, 1.165) is 17.5 Å². The van der Waals surface area contributed by atoms with E-state index in [-0.39, 0.29) is 11.8 Å².